The Balaban J connectivity index is 1.94. The molecule has 90 valence electrons. The molecule has 4 heteroatoms. The summed E-state index contributed by atoms with van der Waals surface area (Å²) in [4.78, 5) is 4.29. The first kappa shape index (κ1) is 11.8. The van der Waals surface area contributed by atoms with Crippen molar-refractivity contribution in [2.24, 2.45) is 5.73 Å². The molecular formula is C13H17N3O. The topological polar surface area (TPSA) is 64.9 Å². The molecule has 0 saturated carbocycles. The zero-order valence-electron chi connectivity index (χ0n) is 9.97. The first-order valence-electron chi connectivity index (χ1n) is 5.91. The molecule has 17 heavy (non-hydrogen) atoms. The Morgan fingerprint density at radius 3 is 2.71 bits per heavy atom. The predicted octanol–water partition coefficient (Wildman–Crippen LogP) is 2.26. The van der Waals surface area contributed by atoms with Gasteiger partial charge in [-0.1, -0.05) is 42.4 Å². The van der Waals surface area contributed by atoms with E-state index in [-0.39, 0.29) is 6.04 Å². The van der Waals surface area contributed by atoms with Gasteiger partial charge in [-0.15, -0.1) is 0 Å². The van der Waals surface area contributed by atoms with Crippen molar-refractivity contribution in [3.63, 3.8) is 0 Å². The molecule has 2 rings (SSSR count). The minimum atomic E-state index is -0.121. The van der Waals surface area contributed by atoms with Gasteiger partial charge in [0.15, 0.2) is 5.82 Å². The van der Waals surface area contributed by atoms with Gasteiger partial charge in [0, 0.05) is 6.42 Å². The molecule has 4 nitrogen and oxygen atoms in total. The average molecular weight is 231 g/mol. The van der Waals surface area contributed by atoms with E-state index in [1.165, 1.54) is 5.56 Å². The number of aromatic nitrogens is 2. The minimum Gasteiger partial charge on any atom is -0.339 e. The number of aryl methyl sites for hydroxylation is 2. The van der Waals surface area contributed by atoms with Crippen LogP contribution in [0.1, 0.15) is 36.7 Å². The van der Waals surface area contributed by atoms with E-state index in [1.807, 2.05) is 25.1 Å². The van der Waals surface area contributed by atoms with Gasteiger partial charge in [-0.25, -0.2) is 0 Å². The molecule has 1 heterocycles. The lowest BCUT2D eigenvalue weighted by Gasteiger charge is -1.99. The normalized spacial score (nSPS) is 12.6. The Labute approximate surface area is 101 Å². The van der Waals surface area contributed by atoms with Crippen LogP contribution in [0.4, 0.5) is 0 Å². The first-order valence-corrected chi connectivity index (χ1v) is 5.91. The summed E-state index contributed by atoms with van der Waals surface area (Å²) in [6, 6.07) is 10.1. The summed E-state index contributed by atoms with van der Waals surface area (Å²) in [6.07, 6.45) is 2.48. The van der Waals surface area contributed by atoms with E-state index in [0.29, 0.717) is 11.7 Å². The molecule has 2 N–H and O–H groups in total. The highest BCUT2D eigenvalue weighted by atomic mass is 16.5. The van der Waals surface area contributed by atoms with Crippen molar-refractivity contribution < 1.29 is 4.52 Å². The second-order valence-electron chi connectivity index (χ2n) is 4.05. The van der Waals surface area contributed by atoms with Crippen molar-refractivity contribution in [2.75, 3.05) is 0 Å². The fourth-order valence-electron chi connectivity index (χ4n) is 1.60. The summed E-state index contributed by atoms with van der Waals surface area (Å²) in [6.45, 7) is 2.00. The van der Waals surface area contributed by atoms with Crippen LogP contribution in [0.3, 0.4) is 0 Å². The minimum absolute atomic E-state index is 0.121. The van der Waals surface area contributed by atoms with Gasteiger partial charge in [-0.3, -0.25) is 0 Å². The summed E-state index contributed by atoms with van der Waals surface area (Å²) in [5.41, 5.74) is 7.10. The molecule has 2 aromatic rings. The Morgan fingerprint density at radius 2 is 2.00 bits per heavy atom. The molecule has 0 aliphatic rings. The lowest BCUT2D eigenvalue weighted by Crippen LogP contribution is -2.10. The SMILES string of the molecule is CCC(N)c1noc(CCc2ccccc2)n1. The summed E-state index contributed by atoms with van der Waals surface area (Å²) in [5.74, 6) is 1.27. The van der Waals surface area contributed by atoms with Crippen LogP contribution in [-0.4, -0.2) is 10.1 Å². The third-order valence-corrected chi connectivity index (χ3v) is 2.73. The molecule has 1 unspecified atom stereocenters. The Hall–Kier alpha value is -1.68. The maximum atomic E-state index is 5.83. The average Bonchev–Trinajstić information content (AvgIpc) is 2.85. The van der Waals surface area contributed by atoms with Crippen LogP contribution in [0.25, 0.3) is 0 Å². The smallest absolute Gasteiger partial charge is 0.227 e. The van der Waals surface area contributed by atoms with Crippen LogP contribution in [0.15, 0.2) is 34.9 Å². The monoisotopic (exact) mass is 231 g/mol. The van der Waals surface area contributed by atoms with Gasteiger partial charge < -0.3 is 10.3 Å². The molecule has 0 spiro atoms. The maximum absolute atomic E-state index is 5.83. The van der Waals surface area contributed by atoms with Crippen LogP contribution in [0.2, 0.25) is 0 Å². The third kappa shape index (κ3) is 3.14. The fourth-order valence-corrected chi connectivity index (χ4v) is 1.60. The number of hydrogen-bond donors (Lipinski definition) is 1. The number of hydrogen-bond acceptors (Lipinski definition) is 4. The summed E-state index contributed by atoms with van der Waals surface area (Å²) < 4.78 is 5.17. The molecule has 0 bridgehead atoms. The van der Waals surface area contributed by atoms with Crippen molar-refractivity contribution in [3.05, 3.63) is 47.6 Å². The van der Waals surface area contributed by atoms with Crippen LogP contribution < -0.4 is 5.73 Å². The van der Waals surface area contributed by atoms with E-state index in [0.717, 1.165) is 19.3 Å². The third-order valence-electron chi connectivity index (χ3n) is 2.73. The van der Waals surface area contributed by atoms with E-state index in [2.05, 4.69) is 22.3 Å². The highest BCUT2D eigenvalue weighted by Gasteiger charge is 2.11. The second-order valence-corrected chi connectivity index (χ2v) is 4.05. The maximum Gasteiger partial charge on any atom is 0.227 e. The van der Waals surface area contributed by atoms with E-state index in [1.54, 1.807) is 0 Å². The quantitative estimate of drug-likeness (QED) is 0.857. The Morgan fingerprint density at radius 1 is 1.24 bits per heavy atom. The predicted molar refractivity (Wildman–Crippen MR) is 65.4 cm³/mol. The Bertz CT molecular complexity index is 453. The molecule has 0 aliphatic carbocycles. The van der Waals surface area contributed by atoms with Gasteiger partial charge in [0.2, 0.25) is 5.89 Å². The fraction of sp³-hybridized carbons (Fsp3) is 0.385. The molecule has 0 fully saturated rings. The molecule has 1 aromatic carbocycles. The van der Waals surface area contributed by atoms with Crippen molar-refractivity contribution in [2.45, 2.75) is 32.2 Å². The van der Waals surface area contributed by atoms with E-state index >= 15 is 0 Å². The molecule has 1 atom stereocenters. The van der Waals surface area contributed by atoms with Gasteiger partial charge in [0.1, 0.15) is 0 Å². The second kappa shape index (κ2) is 5.59. The zero-order valence-corrected chi connectivity index (χ0v) is 9.97. The van der Waals surface area contributed by atoms with Gasteiger partial charge in [0.25, 0.3) is 0 Å². The number of nitrogens with zero attached hydrogens (tertiary/aromatic N) is 2. The lowest BCUT2D eigenvalue weighted by atomic mass is 10.1. The molecule has 0 radical (unpaired) electrons. The first-order chi connectivity index (χ1) is 8.29. The van der Waals surface area contributed by atoms with Crippen LogP contribution >= 0.6 is 0 Å². The van der Waals surface area contributed by atoms with Gasteiger partial charge >= 0.3 is 0 Å². The summed E-state index contributed by atoms with van der Waals surface area (Å²) in [5, 5.41) is 3.89. The largest absolute Gasteiger partial charge is 0.339 e. The van der Waals surface area contributed by atoms with Crippen molar-refractivity contribution in [1.82, 2.24) is 10.1 Å². The van der Waals surface area contributed by atoms with Crippen molar-refractivity contribution in [1.29, 1.82) is 0 Å². The van der Waals surface area contributed by atoms with Crippen LogP contribution in [0.5, 0.6) is 0 Å². The van der Waals surface area contributed by atoms with Gasteiger partial charge in [-0.05, 0) is 18.4 Å². The standard InChI is InChI=1S/C13H17N3O/c1-2-11(14)13-15-12(17-16-13)9-8-10-6-4-3-5-7-10/h3-7,11H,2,8-9,14H2,1H3. The van der Waals surface area contributed by atoms with E-state index in [4.69, 9.17) is 10.3 Å². The molecule has 1 aromatic heterocycles. The lowest BCUT2D eigenvalue weighted by molar-refractivity contribution is 0.369. The van der Waals surface area contributed by atoms with Crippen LogP contribution in [0, 0.1) is 0 Å². The summed E-state index contributed by atoms with van der Waals surface area (Å²) in [7, 11) is 0. The molecule has 0 amide bonds. The number of rotatable bonds is 5. The molecule has 0 aliphatic heterocycles. The Kier molecular flexibility index (Phi) is 3.88. The number of nitrogens with two attached hydrogens (primary N) is 1. The van der Waals surface area contributed by atoms with Gasteiger partial charge in [0.05, 0.1) is 6.04 Å². The van der Waals surface area contributed by atoms with Gasteiger partial charge in [-0.2, -0.15) is 4.98 Å². The molecular weight excluding hydrogens is 214 g/mol. The summed E-state index contributed by atoms with van der Waals surface area (Å²) >= 11 is 0. The van der Waals surface area contributed by atoms with Crippen molar-refractivity contribution in [3.8, 4) is 0 Å². The zero-order chi connectivity index (χ0) is 12.1. The highest BCUT2D eigenvalue weighted by Crippen LogP contribution is 2.11. The van der Waals surface area contributed by atoms with E-state index in [9.17, 15) is 0 Å². The van der Waals surface area contributed by atoms with E-state index < -0.39 is 0 Å². The van der Waals surface area contributed by atoms with Crippen LogP contribution in [-0.2, 0) is 12.8 Å². The number of benzene rings is 1. The van der Waals surface area contributed by atoms with Crippen molar-refractivity contribution >= 4 is 0 Å². The highest BCUT2D eigenvalue weighted by molar-refractivity contribution is 5.15. The molecule has 0 saturated heterocycles.